The van der Waals surface area contributed by atoms with Gasteiger partial charge in [-0.1, -0.05) is 18.2 Å². The largest absolute Gasteiger partial charge is 0.449 e. The second-order valence-corrected chi connectivity index (χ2v) is 9.29. The second-order valence-electron chi connectivity index (χ2n) is 6.70. The van der Waals surface area contributed by atoms with E-state index in [4.69, 9.17) is 9.15 Å². The number of aromatic nitrogens is 2. The van der Waals surface area contributed by atoms with E-state index in [9.17, 15) is 22.0 Å². The summed E-state index contributed by atoms with van der Waals surface area (Å²) in [7, 11) is -4.54. The molecule has 0 unspecified atom stereocenters. The topological polar surface area (TPSA) is 111 Å². The maximum absolute atomic E-state index is 14.0. The van der Waals surface area contributed by atoms with Gasteiger partial charge in [0.15, 0.2) is 6.10 Å². The van der Waals surface area contributed by atoms with Gasteiger partial charge in [-0.15, -0.1) is 21.5 Å². The predicted octanol–water partition coefficient (Wildman–Crippen LogP) is 4.80. The number of esters is 1. The molecular weight excluding hydrogens is 476 g/mol. The molecule has 2 aromatic heterocycles. The van der Waals surface area contributed by atoms with Crippen molar-refractivity contribution < 1.29 is 31.1 Å². The number of carbonyl (C=O) groups is 1. The molecular formula is C21H15F2N3O5S2. The third kappa shape index (κ3) is 4.91. The molecule has 0 fully saturated rings. The van der Waals surface area contributed by atoms with Crippen molar-refractivity contribution in [2.24, 2.45) is 0 Å². The maximum atomic E-state index is 14.0. The first-order chi connectivity index (χ1) is 15.7. The van der Waals surface area contributed by atoms with Gasteiger partial charge in [0.05, 0.1) is 16.1 Å². The van der Waals surface area contributed by atoms with Gasteiger partial charge in [0.1, 0.15) is 16.5 Å². The number of benzene rings is 2. The Bertz CT molecular complexity index is 1410. The van der Waals surface area contributed by atoms with Gasteiger partial charge in [0.25, 0.3) is 21.8 Å². The Balaban J connectivity index is 1.54. The van der Waals surface area contributed by atoms with Crippen LogP contribution in [0.1, 0.15) is 29.3 Å². The Labute approximate surface area is 190 Å². The number of hydrogen-bond donors (Lipinski definition) is 1. The minimum absolute atomic E-state index is 0.0478. The molecule has 1 atom stereocenters. The van der Waals surface area contributed by atoms with Crippen LogP contribution in [0.2, 0.25) is 0 Å². The number of para-hydroxylation sites is 1. The van der Waals surface area contributed by atoms with Gasteiger partial charge >= 0.3 is 5.97 Å². The molecule has 0 bridgehead atoms. The fourth-order valence-corrected chi connectivity index (χ4v) is 4.62. The third-order valence-electron chi connectivity index (χ3n) is 4.38. The van der Waals surface area contributed by atoms with Gasteiger partial charge in [-0.2, -0.15) is 0 Å². The number of anilines is 1. The minimum Gasteiger partial charge on any atom is -0.449 e. The Morgan fingerprint density at radius 1 is 1.12 bits per heavy atom. The van der Waals surface area contributed by atoms with Crippen LogP contribution in [-0.2, 0) is 14.8 Å². The van der Waals surface area contributed by atoms with Crippen LogP contribution in [0.5, 0.6) is 0 Å². The number of sulfonamides is 1. The number of nitrogens with one attached hydrogen (secondary N) is 1. The van der Waals surface area contributed by atoms with E-state index in [0.29, 0.717) is 12.1 Å². The molecule has 2 aromatic carbocycles. The maximum Gasteiger partial charge on any atom is 0.341 e. The molecule has 0 amide bonds. The van der Waals surface area contributed by atoms with Crippen LogP contribution in [0.15, 0.2) is 69.3 Å². The molecule has 0 aliphatic heterocycles. The van der Waals surface area contributed by atoms with Gasteiger partial charge in [-0.05, 0) is 48.7 Å². The van der Waals surface area contributed by atoms with E-state index < -0.39 is 38.6 Å². The fourth-order valence-electron chi connectivity index (χ4n) is 2.81. The lowest BCUT2D eigenvalue weighted by Crippen LogP contribution is -2.18. The lowest BCUT2D eigenvalue weighted by atomic mass is 10.2. The number of thiophene rings is 1. The number of ether oxygens (including phenoxy) is 1. The zero-order valence-corrected chi connectivity index (χ0v) is 18.5. The van der Waals surface area contributed by atoms with Crippen LogP contribution < -0.4 is 4.72 Å². The van der Waals surface area contributed by atoms with Gasteiger partial charge < -0.3 is 9.15 Å². The lowest BCUT2D eigenvalue weighted by Gasteiger charge is -2.14. The normalized spacial score (nSPS) is 12.3. The van der Waals surface area contributed by atoms with Gasteiger partial charge in [-0.3, -0.25) is 4.72 Å². The highest BCUT2D eigenvalue weighted by atomic mass is 32.2. The van der Waals surface area contributed by atoms with Crippen molar-refractivity contribution in [3.05, 3.63) is 83.1 Å². The van der Waals surface area contributed by atoms with Crippen molar-refractivity contribution in [3.8, 4) is 10.8 Å². The second kappa shape index (κ2) is 9.08. The molecule has 12 heteroatoms. The molecule has 0 radical (unpaired) electrons. The number of rotatable bonds is 7. The highest BCUT2D eigenvalue weighted by molar-refractivity contribution is 7.92. The van der Waals surface area contributed by atoms with E-state index in [1.807, 2.05) is 11.4 Å². The average Bonchev–Trinajstić information content (AvgIpc) is 3.47. The van der Waals surface area contributed by atoms with Crippen molar-refractivity contribution in [3.63, 3.8) is 0 Å². The first kappa shape index (κ1) is 22.6. The Kier molecular flexibility index (Phi) is 6.20. The van der Waals surface area contributed by atoms with Gasteiger partial charge in [-0.25, -0.2) is 22.0 Å². The fraction of sp³-hybridized carbons (Fsp3) is 0.0952. The van der Waals surface area contributed by atoms with Crippen LogP contribution in [0, 0.1) is 11.6 Å². The summed E-state index contributed by atoms with van der Waals surface area (Å²) in [6.45, 7) is 1.51. The molecule has 2 heterocycles. The highest BCUT2D eigenvalue weighted by Crippen LogP contribution is 2.28. The van der Waals surface area contributed by atoms with E-state index in [1.165, 1.54) is 42.5 Å². The third-order valence-corrected chi connectivity index (χ3v) is 6.62. The lowest BCUT2D eigenvalue weighted by molar-refractivity contribution is 0.0281. The molecule has 170 valence electrons. The van der Waals surface area contributed by atoms with Crippen molar-refractivity contribution in [1.29, 1.82) is 0 Å². The summed E-state index contributed by atoms with van der Waals surface area (Å²) in [4.78, 5) is 12.6. The molecule has 0 spiro atoms. The van der Waals surface area contributed by atoms with Crippen LogP contribution >= 0.6 is 11.3 Å². The van der Waals surface area contributed by atoms with Gasteiger partial charge in [0.2, 0.25) is 0 Å². The van der Waals surface area contributed by atoms with Crippen LogP contribution in [-0.4, -0.2) is 24.6 Å². The zero-order chi connectivity index (χ0) is 23.6. The van der Waals surface area contributed by atoms with Crippen LogP contribution in [0.25, 0.3) is 10.8 Å². The summed E-state index contributed by atoms with van der Waals surface area (Å²) in [6, 6.07) is 11.2. The van der Waals surface area contributed by atoms with Crippen molar-refractivity contribution >= 4 is 33.0 Å². The summed E-state index contributed by atoms with van der Waals surface area (Å²) in [6.07, 6.45) is -0.941. The van der Waals surface area contributed by atoms with E-state index in [1.54, 1.807) is 6.07 Å². The zero-order valence-electron chi connectivity index (χ0n) is 16.9. The molecule has 8 nitrogen and oxygen atoms in total. The monoisotopic (exact) mass is 491 g/mol. The molecule has 4 aromatic rings. The molecule has 0 saturated heterocycles. The van der Waals surface area contributed by atoms with E-state index >= 15 is 0 Å². The highest BCUT2D eigenvalue weighted by Gasteiger charge is 2.25. The quantitative estimate of drug-likeness (QED) is 0.370. The summed E-state index contributed by atoms with van der Waals surface area (Å²) in [5.41, 5.74) is -0.328. The molecule has 0 aliphatic carbocycles. The Morgan fingerprint density at radius 2 is 1.91 bits per heavy atom. The molecule has 1 N–H and O–H groups in total. The first-order valence-electron chi connectivity index (χ1n) is 9.40. The minimum atomic E-state index is -4.54. The number of hydrogen-bond acceptors (Lipinski definition) is 8. The molecule has 0 saturated carbocycles. The summed E-state index contributed by atoms with van der Waals surface area (Å²) in [5, 5.41) is 9.65. The van der Waals surface area contributed by atoms with Crippen molar-refractivity contribution in [1.82, 2.24) is 10.2 Å². The Hall–Kier alpha value is -3.64. The summed E-state index contributed by atoms with van der Waals surface area (Å²) >= 11 is 1.40. The number of halogens is 2. The number of carbonyl (C=O) groups excluding carboxylic acids is 1. The predicted molar refractivity (Wildman–Crippen MR) is 115 cm³/mol. The van der Waals surface area contributed by atoms with E-state index in [0.717, 1.165) is 10.9 Å². The van der Waals surface area contributed by atoms with E-state index in [-0.39, 0.29) is 23.0 Å². The van der Waals surface area contributed by atoms with E-state index in [2.05, 4.69) is 14.9 Å². The van der Waals surface area contributed by atoms with Gasteiger partial charge in [0, 0.05) is 0 Å². The van der Waals surface area contributed by atoms with Crippen molar-refractivity contribution in [2.45, 2.75) is 17.9 Å². The van der Waals surface area contributed by atoms with Crippen LogP contribution in [0.3, 0.4) is 0 Å². The Morgan fingerprint density at radius 3 is 2.67 bits per heavy atom. The van der Waals surface area contributed by atoms with Crippen molar-refractivity contribution in [2.75, 3.05) is 4.72 Å². The summed E-state index contributed by atoms with van der Waals surface area (Å²) in [5.74, 6) is -2.65. The van der Waals surface area contributed by atoms with Crippen LogP contribution in [0.4, 0.5) is 14.5 Å². The summed E-state index contributed by atoms with van der Waals surface area (Å²) < 4.78 is 65.7. The SMILES string of the molecule is C[C@@H](OC(=O)c1ccccc1NS(=O)(=O)c1cc(F)ccc1F)c1nnc(-c2cccs2)o1. The molecule has 33 heavy (non-hydrogen) atoms. The molecule has 0 aliphatic rings. The standard InChI is InChI=1S/C21H15F2N3O5S2/c1-12(19-24-25-20(31-19)17-7-4-10-32-17)30-21(27)14-5-2-3-6-16(14)26-33(28,29)18-11-13(22)8-9-15(18)23/h2-12,26H,1H3/t12-/m1/s1. The smallest absolute Gasteiger partial charge is 0.341 e. The number of nitrogens with zero attached hydrogens (tertiary/aromatic N) is 2. The first-order valence-corrected chi connectivity index (χ1v) is 11.8. The average molecular weight is 491 g/mol. The molecule has 4 rings (SSSR count).